The maximum atomic E-state index is 10.8. The highest BCUT2D eigenvalue weighted by Crippen LogP contribution is 2.71. The van der Waals surface area contributed by atoms with Crippen molar-refractivity contribution in [2.75, 3.05) is 0 Å². The van der Waals surface area contributed by atoms with E-state index in [2.05, 4.69) is 13.8 Å². The molecular formula is C11H16O2. The van der Waals surface area contributed by atoms with Crippen molar-refractivity contribution in [3.05, 3.63) is 6.92 Å². The highest BCUT2D eigenvalue weighted by Gasteiger charge is 2.68. The molecule has 0 heterocycles. The van der Waals surface area contributed by atoms with Gasteiger partial charge in [0, 0.05) is 12.3 Å². The van der Waals surface area contributed by atoms with Crippen molar-refractivity contribution >= 4 is 5.97 Å². The summed E-state index contributed by atoms with van der Waals surface area (Å²) in [6.07, 6.45) is 1.87. The predicted octanol–water partition coefficient (Wildman–Crippen LogP) is 2.07. The molecule has 0 aromatic heterocycles. The molecule has 0 saturated heterocycles. The Bertz CT molecular complexity index is 257. The maximum absolute atomic E-state index is 10.8. The highest BCUT2D eigenvalue weighted by molar-refractivity contribution is 5.66. The lowest BCUT2D eigenvalue weighted by Gasteiger charge is -2.22. The van der Waals surface area contributed by atoms with Gasteiger partial charge in [0.15, 0.2) is 0 Å². The molecule has 2 nitrogen and oxygen atoms in total. The first kappa shape index (κ1) is 9.04. The van der Waals surface area contributed by atoms with Crippen LogP contribution >= 0.6 is 0 Å². The van der Waals surface area contributed by atoms with Gasteiger partial charge in [-0.3, -0.25) is 4.79 Å². The molecule has 0 aromatic rings. The van der Waals surface area contributed by atoms with Gasteiger partial charge in [-0.15, -0.1) is 0 Å². The second-order valence-corrected chi connectivity index (χ2v) is 5.16. The summed E-state index contributed by atoms with van der Waals surface area (Å²) in [6, 6.07) is 0. The van der Waals surface area contributed by atoms with Crippen molar-refractivity contribution in [2.24, 2.45) is 16.7 Å². The van der Waals surface area contributed by atoms with E-state index in [-0.39, 0.29) is 22.9 Å². The molecule has 2 aliphatic carbocycles. The van der Waals surface area contributed by atoms with E-state index in [1.165, 1.54) is 6.92 Å². The fourth-order valence-corrected chi connectivity index (χ4v) is 2.82. The summed E-state index contributed by atoms with van der Waals surface area (Å²) in [5, 5.41) is 0. The van der Waals surface area contributed by atoms with Crippen LogP contribution in [0.25, 0.3) is 0 Å². The van der Waals surface area contributed by atoms with E-state index in [1.54, 1.807) is 0 Å². The largest absolute Gasteiger partial charge is 0.462 e. The number of hydrogen-bond acceptors (Lipinski definition) is 2. The lowest BCUT2D eigenvalue weighted by molar-refractivity contribution is -0.148. The standard InChI is InChI=1S/C11H16O2/c1-7(12)13-9-6-10(2,3)8-5-11(8,9)4/h4,8-9H,5-6H2,1-3H3. The van der Waals surface area contributed by atoms with Gasteiger partial charge in [-0.25, -0.2) is 0 Å². The molecular weight excluding hydrogens is 164 g/mol. The normalized spacial score (nSPS) is 45.5. The summed E-state index contributed by atoms with van der Waals surface area (Å²) < 4.78 is 5.24. The summed E-state index contributed by atoms with van der Waals surface area (Å²) >= 11 is 0. The van der Waals surface area contributed by atoms with Crippen LogP contribution in [0.1, 0.15) is 33.6 Å². The lowest BCUT2D eigenvalue weighted by atomic mass is 9.87. The monoisotopic (exact) mass is 180 g/mol. The fourth-order valence-electron chi connectivity index (χ4n) is 2.82. The first-order valence-corrected chi connectivity index (χ1v) is 4.82. The number of carbonyl (C=O) groups excluding carboxylic acids is 1. The van der Waals surface area contributed by atoms with E-state index in [0.29, 0.717) is 5.92 Å². The third-order valence-corrected chi connectivity index (χ3v) is 3.61. The van der Waals surface area contributed by atoms with Crippen molar-refractivity contribution in [3.63, 3.8) is 0 Å². The second-order valence-electron chi connectivity index (χ2n) is 5.16. The molecule has 2 radical (unpaired) electrons. The third-order valence-electron chi connectivity index (χ3n) is 3.61. The third kappa shape index (κ3) is 1.18. The quantitative estimate of drug-likeness (QED) is 0.577. The van der Waals surface area contributed by atoms with E-state index in [9.17, 15) is 4.79 Å². The molecule has 2 rings (SSSR count). The molecule has 3 unspecified atom stereocenters. The molecule has 0 N–H and O–H groups in total. The number of carbonyl (C=O) groups is 1. The van der Waals surface area contributed by atoms with Crippen molar-refractivity contribution in [1.82, 2.24) is 0 Å². The van der Waals surface area contributed by atoms with Gasteiger partial charge >= 0.3 is 5.97 Å². The minimum Gasteiger partial charge on any atom is -0.462 e. The first-order chi connectivity index (χ1) is 5.86. The number of esters is 1. The van der Waals surface area contributed by atoms with Gasteiger partial charge in [0.1, 0.15) is 6.10 Å². The Morgan fingerprint density at radius 3 is 2.38 bits per heavy atom. The molecule has 0 aliphatic heterocycles. The SMILES string of the molecule is [CH]C12CC1C(C)(C)CC2OC(C)=O. The van der Waals surface area contributed by atoms with Gasteiger partial charge in [0.05, 0.1) is 0 Å². The van der Waals surface area contributed by atoms with Gasteiger partial charge in [-0.1, -0.05) is 13.8 Å². The van der Waals surface area contributed by atoms with Crippen LogP contribution in [0.15, 0.2) is 0 Å². The first-order valence-electron chi connectivity index (χ1n) is 4.82. The zero-order chi connectivity index (χ0) is 9.85. The van der Waals surface area contributed by atoms with Crippen LogP contribution in [0.2, 0.25) is 0 Å². The van der Waals surface area contributed by atoms with Crippen molar-refractivity contribution in [3.8, 4) is 0 Å². The zero-order valence-electron chi connectivity index (χ0n) is 8.46. The predicted molar refractivity (Wildman–Crippen MR) is 48.8 cm³/mol. The molecule has 13 heavy (non-hydrogen) atoms. The topological polar surface area (TPSA) is 26.3 Å². The fraction of sp³-hybridized carbons (Fsp3) is 0.818. The Balaban J connectivity index is 2.12. The van der Waals surface area contributed by atoms with Gasteiger partial charge in [-0.05, 0) is 31.1 Å². The van der Waals surface area contributed by atoms with Gasteiger partial charge in [-0.2, -0.15) is 0 Å². The molecule has 2 fully saturated rings. The van der Waals surface area contributed by atoms with Crippen LogP contribution in [0.3, 0.4) is 0 Å². The minimum absolute atomic E-state index is 0.0509. The Hall–Kier alpha value is -0.530. The zero-order valence-corrected chi connectivity index (χ0v) is 8.46. The van der Waals surface area contributed by atoms with E-state index in [4.69, 9.17) is 11.7 Å². The van der Waals surface area contributed by atoms with E-state index >= 15 is 0 Å². The summed E-state index contributed by atoms with van der Waals surface area (Å²) in [7, 11) is 0. The van der Waals surface area contributed by atoms with Crippen molar-refractivity contribution < 1.29 is 9.53 Å². The van der Waals surface area contributed by atoms with Crippen LogP contribution in [0.4, 0.5) is 0 Å². The van der Waals surface area contributed by atoms with Crippen LogP contribution in [0, 0.1) is 23.7 Å². The van der Waals surface area contributed by atoms with Crippen LogP contribution in [0.5, 0.6) is 0 Å². The molecule has 72 valence electrons. The Labute approximate surface area is 79.7 Å². The number of fused-ring (bicyclic) bond motifs is 1. The number of ether oxygens (including phenoxy) is 1. The average molecular weight is 180 g/mol. The molecule has 2 heteroatoms. The average Bonchev–Trinajstić information content (AvgIpc) is 2.56. The summed E-state index contributed by atoms with van der Waals surface area (Å²) in [4.78, 5) is 10.8. The van der Waals surface area contributed by atoms with E-state index in [1.807, 2.05) is 0 Å². The van der Waals surface area contributed by atoms with Crippen LogP contribution < -0.4 is 0 Å². The minimum atomic E-state index is -0.210. The van der Waals surface area contributed by atoms with Crippen molar-refractivity contribution in [2.45, 2.75) is 39.7 Å². The molecule has 0 bridgehead atoms. The molecule has 0 aromatic carbocycles. The maximum Gasteiger partial charge on any atom is 0.302 e. The molecule has 0 amide bonds. The molecule has 2 aliphatic rings. The van der Waals surface area contributed by atoms with Gasteiger partial charge in [0.2, 0.25) is 0 Å². The van der Waals surface area contributed by atoms with Crippen LogP contribution in [-0.2, 0) is 9.53 Å². The van der Waals surface area contributed by atoms with Gasteiger partial charge in [0.25, 0.3) is 0 Å². The van der Waals surface area contributed by atoms with Crippen molar-refractivity contribution in [1.29, 1.82) is 0 Å². The Morgan fingerprint density at radius 2 is 2.08 bits per heavy atom. The second kappa shape index (κ2) is 2.28. The van der Waals surface area contributed by atoms with Gasteiger partial charge < -0.3 is 4.74 Å². The Kier molecular flexibility index (Phi) is 1.59. The van der Waals surface area contributed by atoms with E-state index < -0.39 is 0 Å². The number of hydrogen-bond donors (Lipinski definition) is 0. The highest BCUT2D eigenvalue weighted by atomic mass is 16.5. The lowest BCUT2D eigenvalue weighted by Crippen LogP contribution is -2.24. The van der Waals surface area contributed by atoms with Crippen LogP contribution in [-0.4, -0.2) is 12.1 Å². The molecule has 3 atom stereocenters. The summed E-state index contributed by atoms with van der Waals surface area (Å²) in [5.41, 5.74) is 0.0457. The smallest absolute Gasteiger partial charge is 0.302 e. The van der Waals surface area contributed by atoms with E-state index in [0.717, 1.165) is 12.8 Å². The summed E-state index contributed by atoms with van der Waals surface area (Å²) in [5.74, 6) is 0.336. The molecule has 0 spiro atoms. The Morgan fingerprint density at radius 1 is 1.46 bits per heavy atom. The number of rotatable bonds is 1. The molecule has 2 saturated carbocycles. The summed E-state index contributed by atoms with van der Waals surface area (Å²) in [6.45, 7) is 12.0.